The van der Waals surface area contributed by atoms with Crippen molar-refractivity contribution >= 4 is 12.6 Å². The maximum Gasteiger partial charge on any atom is 0.488 e. The molecule has 1 aromatic carbocycles. The van der Waals surface area contributed by atoms with Crippen molar-refractivity contribution in [2.24, 2.45) is 5.92 Å². The van der Waals surface area contributed by atoms with Crippen LogP contribution in [-0.2, 0) is 11.3 Å². The maximum absolute atomic E-state index is 9.29. The normalized spacial score (nSPS) is 18.8. The van der Waals surface area contributed by atoms with E-state index in [1.165, 1.54) is 6.42 Å². The topological polar surface area (TPSA) is 62.2 Å². The van der Waals surface area contributed by atoms with Crippen molar-refractivity contribution in [1.82, 2.24) is 4.90 Å². The SMILES string of the molecule is COc1ccc(B(O)O)cc1CN(C)CC1CCCOC1. The number of benzene rings is 1. The van der Waals surface area contributed by atoms with Crippen LogP contribution in [0, 0.1) is 5.92 Å². The van der Waals surface area contributed by atoms with Crippen molar-refractivity contribution in [2.45, 2.75) is 19.4 Å². The van der Waals surface area contributed by atoms with Crippen LogP contribution in [0.25, 0.3) is 0 Å². The van der Waals surface area contributed by atoms with Gasteiger partial charge in [0.1, 0.15) is 5.75 Å². The molecule has 1 aliphatic rings. The minimum Gasteiger partial charge on any atom is -0.496 e. The number of hydrogen-bond donors (Lipinski definition) is 2. The van der Waals surface area contributed by atoms with E-state index in [0.29, 0.717) is 17.9 Å². The third kappa shape index (κ3) is 4.71. The lowest BCUT2D eigenvalue weighted by Crippen LogP contribution is -2.32. The molecule has 2 rings (SSSR count). The molecule has 1 fully saturated rings. The van der Waals surface area contributed by atoms with Gasteiger partial charge in [-0.2, -0.15) is 0 Å². The summed E-state index contributed by atoms with van der Waals surface area (Å²) in [5.41, 5.74) is 1.45. The van der Waals surface area contributed by atoms with Crippen molar-refractivity contribution in [2.75, 3.05) is 33.9 Å². The zero-order valence-electron chi connectivity index (χ0n) is 12.8. The summed E-state index contributed by atoms with van der Waals surface area (Å²) < 4.78 is 10.9. The third-order valence-electron chi connectivity index (χ3n) is 3.87. The first-order valence-electron chi connectivity index (χ1n) is 7.39. The molecule has 0 saturated carbocycles. The van der Waals surface area contributed by atoms with E-state index >= 15 is 0 Å². The molecule has 1 aliphatic heterocycles. The van der Waals surface area contributed by atoms with Crippen LogP contribution in [0.2, 0.25) is 0 Å². The van der Waals surface area contributed by atoms with Crippen molar-refractivity contribution < 1.29 is 19.5 Å². The van der Waals surface area contributed by atoms with Gasteiger partial charge in [0.25, 0.3) is 0 Å². The van der Waals surface area contributed by atoms with E-state index in [1.807, 2.05) is 0 Å². The van der Waals surface area contributed by atoms with Crippen molar-refractivity contribution in [3.8, 4) is 5.75 Å². The van der Waals surface area contributed by atoms with E-state index in [-0.39, 0.29) is 0 Å². The van der Waals surface area contributed by atoms with Crippen LogP contribution >= 0.6 is 0 Å². The van der Waals surface area contributed by atoms with Crippen LogP contribution in [0.5, 0.6) is 5.75 Å². The Morgan fingerprint density at radius 3 is 2.86 bits per heavy atom. The second kappa shape index (κ2) is 7.80. The second-order valence-electron chi connectivity index (χ2n) is 5.72. The quantitative estimate of drug-likeness (QED) is 0.735. The summed E-state index contributed by atoms with van der Waals surface area (Å²) in [4.78, 5) is 2.23. The zero-order chi connectivity index (χ0) is 15.2. The molecule has 0 amide bonds. The molecule has 1 saturated heterocycles. The Morgan fingerprint density at radius 2 is 2.24 bits per heavy atom. The van der Waals surface area contributed by atoms with E-state index in [9.17, 15) is 10.0 Å². The van der Waals surface area contributed by atoms with Crippen LogP contribution < -0.4 is 10.2 Å². The first-order valence-corrected chi connectivity index (χ1v) is 7.39. The Balaban J connectivity index is 2.00. The van der Waals surface area contributed by atoms with Gasteiger partial charge in [0.15, 0.2) is 0 Å². The molecule has 21 heavy (non-hydrogen) atoms. The van der Waals surface area contributed by atoms with Crippen LogP contribution in [0.1, 0.15) is 18.4 Å². The predicted molar refractivity (Wildman–Crippen MR) is 82.7 cm³/mol. The summed E-state index contributed by atoms with van der Waals surface area (Å²) >= 11 is 0. The minimum absolute atomic E-state index is 0.486. The van der Waals surface area contributed by atoms with E-state index in [4.69, 9.17) is 9.47 Å². The van der Waals surface area contributed by atoms with Crippen LogP contribution in [-0.4, -0.2) is 56.0 Å². The van der Waals surface area contributed by atoms with E-state index in [1.54, 1.807) is 25.3 Å². The minimum atomic E-state index is -1.45. The molecule has 2 N–H and O–H groups in total. The van der Waals surface area contributed by atoms with E-state index < -0.39 is 7.12 Å². The van der Waals surface area contributed by atoms with Gasteiger partial charge < -0.3 is 24.4 Å². The molecule has 5 nitrogen and oxygen atoms in total. The highest BCUT2D eigenvalue weighted by Crippen LogP contribution is 2.20. The summed E-state index contributed by atoms with van der Waals surface area (Å²) in [6.07, 6.45) is 2.34. The fourth-order valence-electron chi connectivity index (χ4n) is 2.83. The fraction of sp³-hybridized carbons (Fsp3) is 0.600. The van der Waals surface area contributed by atoms with Crippen LogP contribution in [0.15, 0.2) is 18.2 Å². The molecule has 0 radical (unpaired) electrons. The highest BCUT2D eigenvalue weighted by molar-refractivity contribution is 6.58. The largest absolute Gasteiger partial charge is 0.496 e. The van der Waals surface area contributed by atoms with Gasteiger partial charge in [-0.1, -0.05) is 12.1 Å². The summed E-state index contributed by atoms with van der Waals surface area (Å²) in [5, 5.41) is 18.6. The average Bonchev–Trinajstić information content (AvgIpc) is 2.48. The maximum atomic E-state index is 9.29. The van der Waals surface area contributed by atoms with E-state index in [0.717, 1.165) is 37.5 Å². The molecule has 0 spiro atoms. The Hall–Kier alpha value is -1.08. The molecule has 1 unspecified atom stereocenters. The lowest BCUT2D eigenvalue weighted by Gasteiger charge is -2.27. The summed E-state index contributed by atoms with van der Waals surface area (Å²) in [6, 6.07) is 5.24. The van der Waals surface area contributed by atoms with Gasteiger partial charge in [0.05, 0.1) is 13.7 Å². The van der Waals surface area contributed by atoms with Crippen molar-refractivity contribution in [3.63, 3.8) is 0 Å². The lowest BCUT2D eigenvalue weighted by molar-refractivity contribution is 0.0411. The van der Waals surface area contributed by atoms with Crippen LogP contribution in [0.3, 0.4) is 0 Å². The molecule has 0 aliphatic carbocycles. The monoisotopic (exact) mass is 293 g/mol. The Bertz CT molecular complexity index is 449. The molecule has 0 bridgehead atoms. The molecule has 1 atom stereocenters. The standard InChI is InChI=1S/C15H24BNO4/c1-17(9-12-4-3-7-21-11-12)10-13-8-14(16(18)19)5-6-15(13)20-2/h5-6,8,12,18-19H,3-4,7,9-11H2,1-2H3. The van der Waals surface area contributed by atoms with Gasteiger partial charge in [0, 0.05) is 25.3 Å². The Labute approximate surface area is 126 Å². The summed E-state index contributed by atoms with van der Waals surface area (Å²) in [7, 11) is 2.24. The fourth-order valence-corrected chi connectivity index (χ4v) is 2.83. The third-order valence-corrected chi connectivity index (χ3v) is 3.87. The zero-order valence-corrected chi connectivity index (χ0v) is 12.8. The van der Waals surface area contributed by atoms with Gasteiger partial charge in [-0.15, -0.1) is 0 Å². The van der Waals surface area contributed by atoms with Gasteiger partial charge in [-0.25, -0.2) is 0 Å². The smallest absolute Gasteiger partial charge is 0.488 e. The highest BCUT2D eigenvalue weighted by atomic mass is 16.5. The second-order valence-corrected chi connectivity index (χ2v) is 5.72. The number of rotatable bonds is 6. The molecule has 116 valence electrons. The predicted octanol–water partition coefficient (Wildman–Crippen LogP) is 0.233. The first-order chi connectivity index (χ1) is 10.1. The van der Waals surface area contributed by atoms with Gasteiger partial charge in [-0.05, 0) is 37.3 Å². The number of hydrogen-bond acceptors (Lipinski definition) is 5. The van der Waals surface area contributed by atoms with Crippen molar-refractivity contribution in [1.29, 1.82) is 0 Å². The van der Waals surface area contributed by atoms with Gasteiger partial charge >= 0.3 is 7.12 Å². The van der Waals surface area contributed by atoms with Gasteiger partial charge in [-0.3, -0.25) is 0 Å². The van der Waals surface area contributed by atoms with Crippen LogP contribution in [0.4, 0.5) is 0 Å². The number of nitrogens with zero attached hydrogens (tertiary/aromatic N) is 1. The molecule has 6 heteroatoms. The Kier molecular flexibility index (Phi) is 6.05. The highest BCUT2D eigenvalue weighted by Gasteiger charge is 2.18. The number of methoxy groups -OCH3 is 1. The number of ether oxygens (including phenoxy) is 2. The molecule has 1 aromatic rings. The van der Waals surface area contributed by atoms with Gasteiger partial charge in [0.2, 0.25) is 0 Å². The Morgan fingerprint density at radius 1 is 1.43 bits per heavy atom. The van der Waals surface area contributed by atoms with E-state index in [2.05, 4.69) is 11.9 Å². The summed E-state index contributed by atoms with van der Waals surface area (Å²) in [5.74, 6) is 1.34. The summed E-state index contributed by atoms with van der Waals surface area (Å²) in [6.45, 7) is 3.39. The average molecular weight is 293 g/mol. The lowest BCUT2D eigenvalue weighted by atomic mass is 9.79. The van der Waals surface area contributed by atoms with Crippen molar-refractivity contribution in [3.05, 3.63) is 23.8 Å². The first kappa shape index (κ1) is 16.3. The molecular formula is C15H24BNO4. The molecule has 1 heterocycles. The molecule has 0 aromatic heterocycles. The molecular weight excluding hydrogens is 269 g/mol.